The molecule has 0 aromatic rings. The minimum Gasteiger partial charge on any atom is -0.632 e. The van der Waals surface area contributed by atoms with Gasteiger partial charge in [-0.25, -0.2) is 0 Å². The van der Waals surface area contributed by atoms with Crippen molar-refractivity contribution in [3.63, 3.8) is 0 Å². The van der Waals surface area contributed by atoms with Crippen LogP contribution in [-0.2, 0) is 13.9 Å². The van der Waals surface area contributed by atoms with E-state index in [9.17, 15) is 14.3 Å². The summed E-state index contributed by atoms with van der Waals surface area (Å²) in [6, 6.07) is 0. The maximum atomic E-state index is 12.0. The summed E-state index contributed by atoms with van der Waals surface area (Å²) in [7, 11) is -10.4. The van der Waals surface area contributed by atoms with E-state index in [1.165, 1.54) is 0 Å². The smallest absolute Gasteiger partial charge is 0.395 e. The number of rotatable bonds is 3. The van der Waals surface area contributed by atoms with Crippen LogP contribution in [0, 0.1) is 5.21 Å². The fraction of sp³-hybridized carbons (Fsp3) is 1.00. The highest BCUT2D eigenvalue weighted by Crippen LogP contribution is 2.63. The van der Waals surface area contributed by atoms with Gasteiger partial charge in [-0.15, -0.1) is 0 Å². The van der Waals surface area contributed by atoms with Crippen molar-refractivity contribution in [3.05, 3.63) is 5.21 Å². The van der Waals surface area contributed by atoms with Gasteiger partial charge in [0.05, 0.1) is 13.2 Å². The number of morpholine rings is 1. The zero-order valence-corrected chi connectivity index (χ0v) is 9.96. The van der Waals surface area contributed by atoms with Gasteiger partial charge in [0.15, 0.2) is 0 Å². The lowest BCUT2D eigenvalue weighted by molar-refractivity contribution is -0.889. The average molecular weight is 277 g/mol. The molecule has 0 aliphatic carbocycles. The van der Waals surface area contributed by atoms with Crippen molar-refractivity contribution in [2.75, 3.05) is 26.3 Å². The van der Waals surface area contributed by atoms with Crippen molar-refractivity contribution in [2.45, 2.75) is 5.52 Å². The largest absolute Gasteiger partial charge is 0.632 e. The third-order valence-corrected chi connectivity index (χ3v) is 6.10. The van der Waals surface area contributed by atoms with Crippen LogP contribution in [0.4, 0.5) is 0 Å². The molecule has 0 amide bonds. The van der Waals surface area contributed by atoms with Gasteiger partial charge in [0.1, 0.15) is 13.1 Å². The molecular formula is C5H13NO8P2. The lowest BCUT2D eigenvalue weighted by Gasteiger charge is -2.49. The fourth-order valence-corrected chi connectivity index (χ4v) is 4.75. The summed E-state index contributed by atoms with van der Waals surface area (Å²) in [5.74, 6) is 0. The van der Waals surface area contributed by atoms with Gasteiger partial charge in [-0.2, -0.15) is 0 Å². The van der Waals surface area contributed by atoms with Gasteiger partial charge in [0.25, 0.3) is 5.52 Å². The van der Waals surface area contributed by atoms with Crippen molar-refractivity contribution < 1.29 is 38.1 Å². The molecule has 4 N–H and O–H groups in total. The standard InChI is InChI=1S/C5H13NO8P2/c7-6(1-3-14-4-2-6)5(15(8,9)10)16(11,12)13/h5H,1-4H2,(H2,8,9,10)(H2,11,12,13). The summed E-state index contributed by atoms with van der Waals surface area (Å²) in [5, 5.41) is 12.0. The minimum atomic E-state index is -5.19. The summed E-state index contributed by atoms with van der Waals surface area (Å²) >= 11 is 0. The first kappa shape index (κ1) is 14.2. The normalized spacial score (nSPS) is 22.4. The van der Waals surface area contributed by atoms with Crippen LogP contribution in [0.15, 0.2) is 0 Å². The first-order chi connectivity index (χ1) is 7.07. The molecule has 0 atom stereocenters. The Bertz CT molecular complexity index is 318. The van der Waals surface area contributed by atoms with Crippen LogP contribution in [0.5, 0.6) is 0 Å². The highest BCUT2D eigenvalue weighted by atomic mass is 31.2. The highest BCUT2D eigenvalue weighted by molar-refractivity contribution is 7.70. The van der Waals surface area contributed by atoms with Crippen molar-refractivity contribution in [2.24, 2.45) is 0 Å². The van der Waals surface area contributed by atoms with Crippen LogP contribution >= 0.6 is 15.2 Å². The van der Waals surface area contributed by atoms with Gasteiger partial charge in [-0.05, 0) is 0 Å². The predicted octanol–water partition coefficient (Wildman–Crippen LogP) is -1.03. The predicted molar refractivity (Wildman–Crippen MR) is 52.1 cm³/mol. The molecule has 0 radical (unpaired) electrons. The van der Waals surface area contributed by atoms with Crippen LogP contribution in [0.25, 0.3) is 0 Å². The maximum Gasteiger partial charge on any atom is 0.395 e. The van der Waals surface area contributed by atoms with Crippen LogP contribution in [0.2, 0.25) is 0 Å². The van der Waals surface area contributed by atoms with Crippen molar-refractivity contribution in [1.29, 1.82) is 0 Å². The molecule has 1 fully saturated rings. The monoisotopic (exact) mass is 277 g/mol. The SMILES string of the molecule is O=P(O)(O)C([N+]1([O-])CCOCC1)P(=O)(O)O. The summed E-state index contributed by atoms with van der Waals surface area (Å²) in [4.78, 5) is 35.6. The highest BCUT2D eigenvalue weighted by Gasteiger charge is 2.55. The number of hydrogen-bond acceptors (Lipinski definition) is 4. The summed E-state index contributed by atoms with van der Waals surface area (Å²) in [6.07, 6.45) is 0. The topological polar surface area (TPSA) is 147 Å². The molecule has 0 unspecified atom stereocenters. The number of hydrogen-bond donors (Lipinski definition) is 4. The first-order valence-electron chi connectivity index (χ1n) is 4.33. The molecule has 0 spiro atoms. The van der Waals surface area contributed by atoms with Gasteiger partial charge in [0, 0.05) is 0 Å². The van der Waals surface area contributed by atoms with Crippen LogP contribution in [-0.4, -0.2) is 56.0 Å². The molecule has 11 heteroatoms. The Morgan fingerprint density at radius 1 is 1.06 bits per heavy atom. The van der Waals surface area contributed by atoms with E-state index in [1.807, 2.05) is 0 Å². The van der Waals surface area contributed by atoms with Crippen molar-refractivity contribution >= 4 is 15.2 Å². The second kappa shape index (κ2) is 4.45. The Hall–Kier alpha value is 0.180. The number of nitrogens with zero attached hydrogens (tertiary/aromatic N) is 1. The lowest BCUT2D eigenvalue weighted by Crippen LogP contribution is -2.56. The van der Waals surface area contributed by atoms with E-state index in [0.29, 0.717) is 0 Å². The molecule has 9 nitrogen and oxygen atoms in total. The third-order valence-electron chi connectivity index (χ3n) is 2.25. The Balaban J connectivity index is 3.11. The van der Waals surface area contributed by atoms with Gasteiger partial charge in [0.2, 0.25) is 0 Å². The summed E-state index contributed by atoms with van der Waals surface area (Å²) < 4.78 is 25.3. The summed E-state index contributed by atoms with van der Waals surface area (Å²) in [5.41, 5.74) is -2.55. The van der Waals surface area contributed by atoms with Crippen LogP contribution in [0.3, 0.4) is 0 Å². The van der Waals surface area contributed by atoms with Crippen molar-refractivity contribution in [1.82, 2.24) is 0 Å². The molecule has 1 aliphatic rings. The molecule has 1 rings (SSSR count). The number of ether oxygens (including phenoxy) is 1. The van der Waals surface area contributed by atoms with E-state index in [1.54, 1.807) is 0 Å². The molecule has 0 bridgehead atoms. The van der Waals surface area contributed by atoms with E-state index in [-0.39, 0.29) is 26.3 Å². The second-order valence-electron chi connectivity index (χ2n) is 3.54. The zero-order chi connectivity index (χ0) is 12.6. The second-order valence-corrected chi connectivity index (χ2v) is 7.28. The zero-order valence-electron chi connectivity index (χ0n) is 8.17. The molecule has 96 valence electrons. The molecule has 1 saturated heterocycles. The fourth-order valence-electron chi connectivity index (χ4n) is 1.63. The Kier molecular flexibility index (Phi) is 3.96. The van der Waals surface area contributed by atoms with Gasteiger partial charge >= 0.3 is 15.2 Å². The average Bonchev–Trinajstić information content (AvgIpc) is 1.97. The van der Waals surface area contributed by atoms with E-state index < -0.39 is 25.4 Å². The van der Waals surface area contributed by atoms with Gasteiger partial charge < -0.3 is 34.2 Å². The molecule has 0 aromatic heterocycles. The number of hydroxylamine groups is 3. The van der Waals surface area contributed by atoms with Crippen LogP contribution < -0.4 is 0 Å². The molecule has 16 heavy (non-hydrogen) atoms. The number of quaternary nitrogens is 1. The maximum absolute atomic E-state index is 12.0. The van der Waals surface area contributed by atoms with E-state index in [0.717, 1.165) is 0 Å². The lowest BCUT2D eigenvalue weighted by atomic mass is 10.4. The molecular weight excluding hydrogens is 264 g/mol. The minimum absolute atomic E-state index is 0.0833. The molecule has 0 aromatic carbocycles. The first-order valence-corrected chi connectivity index (χ1v) is 7.70. The van der Waals surface area contributed by atoms with E-state index in [4.69, 9.17) is 24.3 Å². The van der Waals surface area contributed by atoms with Gasteiger partial charge in [-0.1, -0.05) is 0 Å². The van der Waals surface area contributed by atoms with Crippen molar-refractivity contribution in [3.8, 4) is 0 Å². The third kappa shape index (κ3) is 3.10. The van der Waals surface area contributed by atoms with E-state index in [2.05, 4.69) is 0 Å². The van der Waals surface area contributed by atoms with Crippen LogP contribution in [0.1, 0.15) is 0 Å². The molecule has 0 saturated carbocycles. The molecule has 1 heterocycles. The Morgan fingerprint density at radius 3 is 1.75 bits per heavy atom. The summed E-state index contributed by atoms with van der Waals surface area (Å²) in [6.45, 7) is -0.943. The Labute approximate surface area is 91.1 Å². The van der Waals surface area contributed by atoms with Gasteiger partial charge in [-0.3, -0.25) is 9.13 Å². The Morgan fingerprint density at radius 2 is 1.44 bits per heavy atom. The quantitative estimate of drug-likeness (QED) is 0.291. The van der Waals surface area contributed by atoms with E-state index >= 15 is 0 Å². The molecule has 1 aliphatic heterocycles.